The van der Waals surface area contributed by atoms with Gasteiger partial charge in [-0.05, 0) is 31.2 Å². The average Bonchev–Trinajstić information content (AvgIpc) is 2.51. The topological polar surface area (TPSA) is 113 Å². The van der Waals surface area contributed by atoms with Crippen LogP contribution in [0.3, 0.4) is 0 Å². The third-order valence-electron chi connectivity index (χ3n) is 2.69. The summed E-state index contributed by atoms with van der Waals surface area (Å²) in [4.78, 5) is 19.4. The van der Waals surface area contributed by atoms with Crippen molar-refractivity contribution < 1.29 is 14.3 Å². The average molecular weight is 302 g/mol. The fourth-order valence-corrected chi connectivity index (χ4v) is 1.76. The summed E-state index contributed by atoms with van der Waals surface area (Å²) < 4.78 is 10.6. The summed E-state index contributed by atoms with van der Waals surface area (Å²) in [6.45, 7) is 2.53. The molecule has 7 heteroatoms. The van der Waals surface area contributed by atoms with E-state index in [1.807, 2.05) is 31.2 Å². The van der Waals surface area contributed by atoms with Crippen LogP contribution in [0.5, 0.6) is 11.6 Å². The summed E-state index contributed by atoms with van der Waals surface area (Å²) in [5.41, 5.74) is 12.0. The normalized spacial score (nSPS) is 10.3. The predicted molar refractivity (Wildman–Crippen MR) is 81.4 cm³/mol. The number of benzene rings is 1. The lowest BCUT2D eigenvalue weighted by Gasteiger charge is -2.08. The summed E-state index contributed by atoms with van der Waals surface area (Å²) in [6, 6.07) is 8.98. The van der Waals surface area contributed by atoms with Crippen LogP contribution in [0.4, 0.5) is 0 Å². The molecule has 1 aromatic carbocycles. The second-order valence-electron chi connectivity index (χ2n) is 4.59. The molecule has 1 amide bonds. The van der Waals surface area contributed by atoms with Gasteiger partial charge in [-0.2, -0.15) is 4.98 Å². The van der Waals surface area contributed by atoms with E-state index in [-0.39, 0.29) is 6.61 Å². The Kier molecular flexibility index (Phi) is 5.26. The first-order valence-corrected chi connectivity index (χ1v) is 6.78. The zero-order valence-electron chi connectivity index (χ0n) is 12.3. The standard InChI is InChI=1S/C15H18N4O3/c1-10-8-14(22-9-13(17)20)19-15(18-10)11-2-4-12(5-3-11)21-7-6-16/h2-5,8H,6-7,9,16H2,1H3,(H2,17,20). The Morgan fingerprint density at radius 1 is 1.18 bits per heavy atom. The molecule has 7 nitrogen and oxygen atoms in total. The summed E-state index contributed by atoms with van der Waals surface area (Å²) in [7, 11) is 0. The molecule has 1 heterocycles. The van der Waals surface area contributed by atoms with Crippen LogP contribution < -0.4 is 20.9 Å². The van der Waals surface area contributed by atoms with E-state index in [0.717, 1.165) is 17.0 Å². The van der Waals surface area contributed by atoms with Crippen molar-refractivity contribution in [3.8, 4) is 23.0 Å². The lowest BCUT2D eigenvalue weighted by atomic mass is 10.2. The largest absolute Gasteiger partial charge is 0.492 e. The molecule has 0 aliphatic carbocycles. The van der Waals surface area contributed by atoms with Gasteiger partial charge in [0.25, 0.3) is 5.91 Å². The summed E-state index contributed by atoms with van der Waals surface area (Å²) in [6.07, 6.45) is 0. The molecule has 0 spiro atoms. The minimum atomic E-state index is -0.556. The molecule has 0 saturated heterocycles. The highest BCUT2D eigenvalue weighted by molar-refractivity contribution is 5.75. The first kappa shape index (κ1) is 15.7. The number of hydrogen-bond donors (Lipinski definition) is 2. The quantitative estimate of drug-likeness (QED) is 0.776. The van der Waals surface area contributed by atoms with Crippen molar-refractivity contribution >= 4 is 5.91 Å². The summed E-state index contributed by atoms with van der Waals surface area (Å²) in [5.74, 6) is 0.987. The highest BCUT2D eigenvalue weighted by atomic mass is 16.5. The van der Waals surface area contributed by atoms with E-state index in [9.17, 15) is 4.79 Å². The van der Waals surface area contributed by atoms with Crippen molar-refractivity contribution in [2.75, 3.05) is 19.8 Å². The molecular weight excluding hydrogens is 284 g/mol. The Balaban J connectivity index is 2.18. The molecule has 2 aromatic rings. The number of rotatable bonds is 7. The lowest BCUT2D eigenvalue weighted by Crippen LogP contribution is -2.20. The van der Waals surface area contributed by atoms with Crippen LogP contribution in [0.1, 0.15) is 5.69 Å². The number of amides is 1. The second-order valence-corrected chi connectivity index (χ2v) is 4.59. The monoisotopic (exact) mass is 302 g/mol. The molecule has 2 rings (SSSR count). The van der Waals surface area contributed by atoms with E-state index in [4.69, 9.17) is 20.9 Å². The Hall–Kier alpha value is -2.67. The fourth-order valence-electron chi connectivity index (χ4n) is 1.76. The molecule has 0 aliphatic rings. The van der Waals surface area contributed by atoms with Crippen molar-refractivity contribution in [2.24, 2.45) is 11.5 Å². The van der Waals surface area contributed by atoms with Gasteiger partial charge in [0.2, 0.25) is 5.88 Å². The third-order valence-corrected chi connectivity index (χ3v) is 2.69. The van der Waals surface area contributed by atoms with Crippen molar-refractivity contribution in [1.29, 1.82) is 0 Å². The van der Waals surface area contributed by atoms with E-state index < -0.39 is 5.91 Å². The molecule has 4 N–H and O–H groups in total. The lowest BCUT2D eigenvalue weighted by molar-refractivity contribution is -0.120. The first-order chi connectivity index (χ1) is 10.6. The molecule has 0 fully saturated rings. The van der Waals surface area contributed by atoms with Gasteiger partial charge in [0.1, 0.15) is 12.4 Å². The number of aromatic nitrogens is 2. The molecule has 0 saturated carbocycles. The summed E-state index contributed by atoms with van der Waals surface area (Å²) >= 11 is 0. The smallest absolute Gasteiger partial charge is 0.255 e. The maximum atomic E-state index is 10.8. The van der Waals surface area contributed by atoms with Gasteiger partial charge in [-0.25, -0.2) is 4.98 Å². The van der Waals surface area contributed by atoms with Gasteiger partial charge in [0.15, 0.2) is 12.4 Å². The van der Waals surface area contributed by atoms with E-state index in [1.54, 1.807) is 6.07 Å². The maximum absolute atomic E-state index is 10.8. The van der Waals surface area contributed by atoms with Gasteiger partial charge in [0, 0.05) is 23.9 Å². The number of aryl methyl sites for hydroxylation is 1. The zero-order valence-corrected chi connectivity index (χ0v) is 12.3. The Bertz CT molecular complexity index is 644. The van der Waals surface area contributed by atoms with Gasteiger partial charge < -0.3 is 20.9 Å². The van der Waals surface area contributed by atoms with Gasteiger partial charge in [-0.15, -0.1) is 0 Å². The van der Waals surface area contributed by atoms with Gasteiger partial charge in [0.05, 0.1) is 0 Å². The van der Waals surface area contributed by atoms with Crippen LogP contribution in [0.2, 0.25) is 0 Å². The number of carbonyl (C=O) groups is 1. The summed E-state index contributed by atoms with van der Waals surface area (Å²) in [5, 5.41) is 0. The number of carbonyl (C=O) groups excluding carboxylic acids is 1. The number of ether oxygens (including phenoxy) is 2. The SMILES string of the molecule is Cc1cc(OCC(N)=O)nc(-c2ccc(OCCN)cc2)n1. The Morgan fingerprint density at radius 3 is 2.55 bits per heavy atom. The third kappa shape index (κ3) is 4.42. The minimum Gasteiger partial charge on any atom is -0.492 e. The molecule has 0 bridgehead atoms. The van der Waals surface area contributed by atoms with Crippen LogP contribution in [-0.2, 0) is 4.79 Å². The zero-order chi connectivity index (χ0) is 15.9. The molecule has 116 valence electrons. The van der Waals surface area contributed by atoms with Gasteiger partial charge in [-0.1, -0.05) is 0 Å². The van der Waals surface area contributed by atoms with E-state index in [2.05, 4.69) is 9.97 Å². The molecule has 0 unspecified atom stereocenters. The number of primary amides is 1. The fraction of sp³-hybridized carbons (Fsp3) is 0.267. The molecule has 0 aliphatic heterocycles. The van der Waals surface area contributed by atoms with E-state index in [1.165, 1.54) is 0 Å². The molecule has 0 radical (unpaired) electrons. The maximum Gasteiger partial charge on any atom is 0.255 e. The van der Waals surface area contributed by atoms with Gasteiger partial charge >= 0.3 is 0 Å². The van der Waals surface area contributed by atoms with Crippen molar-refractivity contribution in [3.05, 3.63) is 36.0 Å². The molecule has 22 heavy (non-hydrogen) atoms. The number of nitrogens with zero attached hydrogens (tertiary/aromatic N) is 2. The predicted octanol–water partition coefficient (Wildman–Crippen LogP) is 0.654. The van der Waals surface area contributed by atoms with Crippen LogP contribution in [0.25, 0.3) is 11.4 Å². The second kappa shape index (κ2) is 7.37. The van der Waals surface area contributed by atoms with Crippen LogP contribution in [-0.4, -0.2) is 35.6 Å². The van der Waals surface area contributed by atoms with Crippen molar-refractivity contribution in [2.45, 2.75) is 6.92 Å². The number of hydrogen-bond acceptors (Lipinski definition) is 6. The molecular formula is C15H18N4O3. The Morgan fingerprint density at radius 2 is 1.91 bits per heavy atom. The van der Waals surface area contributed by atoms with E-state index in [0.29, 0.717) is 24.9 Å². The van der Waals surface area contributed by atoms with Gasteiger partial charge in [-0.3, -0.25) is 4.79 Å². The Labute approximate surface area is 128 Å². The molecule has 1 aromatic heterocycles. The van der Waals surface area contributed by atoms with Crippen LogP contribution in [0, 0.1) is 6.92 Å². The van der Waals surface area contributed by atoms with Crippen molar-refractivity contribution in [1.82, 2.24) is 9.97 Å². The highest BCUT2D eigenvalue weighted by Crippen LogP contribution is 2.22. The van der Waals surface area contributed by atoms with E-state index >= 15 is 0 Å². The molecule has 0 atom stereocenters. The number of nitrogens with two attached hydrogens (primary N) is 2. The van der Waals surface area contributed by atoms with Crippen LogP contribution >= 0.6 is 0 Å². The minimum absolute atomic E-state index is 0.220. The van der Waals surface area contributed by atoms with Crippen LogP contribution in [0.15, 0.2) is 30.3 Å². The van der Waals surface area contributed by atoms with Crippen molar-refractivity contribution in [3.63, 3.8) is 0 Å². The first-order valence-electron chi connectivity index (χ1n) is 6.78. The highest BCUT2D eigenvalue weighted by Gasteiger charge is 2.07.